The average molecular weight is 246 g/mol. The Bertz CT molecular complexity index is 358. The van der Waals surface area contributed by atoms with E-state index in [4.69, 9.17) is 5.73 Å². The predicted octanol–water partition coefficient (Wildman–Crippen LogP) is 3.34. The third-order valence-electron chi connectivity index (χ3n) is 4.08. The Morgan fingerprint density at radius 3 is 2.56 bits per heavy atom. The molecule has 1 aliphatic carbocycles. The first kappa shape index (κ1) is 13.4. The molecule has 0 spiro atoms. The number of hydrogen-bond acceptors (Lipinski definition) is 2. The first-order valence-corrected chi connectivity index (χ1v) is 7.26. The number of benzene rings is 1. The highest BCUT2D eigenvalue weighted by atomic mass is 15.1. The topological polar surface area (TPSA) is 29.3 Å². The SMILES string of the molecule is CCN(CC1CCCC(N)C1)c1ccc(C)cc1. The van der Waals surface area contributed by atoms with Crippen molar-refractivity contribution in [2.45, 2.75) is 45.6 Å². The molecule has 0 amide bonds. The fourth-order valence-electron chi connectivity index (χ4n) is 2.98. The van der Waals surface area contributed by atoms with Gasteiger partial charge in [0.05, 0.1) is 0 Å². The van der Waals surface area contributed by atoms with Crippen molar-refractivity contribution in [3.8, 4) is 0 Å². The summed E-state index contributed by atoms with van der Waals surface area (Å²) in [6.07, 6.45) is 5.06. The zero-order valence-electron chi connectivity index (χ0n) is 11.7. The third-order valence-corrected chi connectivity index (χ3v) is 4.08. The number of nitrogens with zero attached hydrogens (tertiary/aromatic N) is 1. The van der Waals surface area contributed by atoms with Crippen LogP contribution < -0.4 is 10.6 Å². The van der Waals surface area contributed by atoms with Gasteiger partial charge < -0.3 is 10.6 Å². The minimum absolute atomic E-state index is 0.431. The molecule has 0 radical (unpaired) electrons. The Morgan fingerprint density at radius 2 is 1.94 bits per heavy atom. The van der Waals surface area contributed by atoms with Crippen molar-refractivity contribution >= 4 is 5.69 Å². The third kappa shape index (κ3) is 3.49. The first-order chi connectivity index (χ1) is 8.69. The van der Waals surface area contributed by atoms with Crippen LogP contribution in [0, 0.1) is 12.8 Å². The quantitative estimate of drug-likeness (QED) is 0.883. The molecule has 2 heteroatoms. The normalized spacial score (nSPS) is 23.9. The monoisotopic (exact) mass is 246 g/mol. The van der Waals surface area contributed by atoms with Crippen molar-refractivity contribution < 1.29 is 0 Å². The minimum atomic E-state index is 0.431. The second-order valence-electron chi connectivity index (χ2n) is 5.67. The van der Waals surface area contributed by atoms with Gasteiger partial charge in [-0.1, -0.05) is 24.1 Å². The Labute approximate surface area is 111 Å². The van der Waals surface area contributed by atoms with Crippen molar-refractivity contribution in [3.63, 3.8) is 0 Å². The van der Waals surface area contributed by atoms with Crippen LogP contribution in [0.15, 0.2) is 24.3 Å². The van der Waals surface area contributed by atoms with Crippen molar-refractivity contribution in [2.24, 2.45) is 11.7 Å². The highest BCUT2D eigenvalue weighted by Crippen LogP contribution is 2.26. The molecule has 1 aromatic rings. The lowest BCUT2D eigenvalue weighted by molar-refractivity contribution is 0.324. The fourth-order valence-corrected chi connectivity index (χ4v) is 2.98. The van der Waals surface area contributed by atoms with Gasteiger partial charge in [-0.3, -0.25) is 0 Å². The van der Waals surface area contributed by atoms with E-state index in [-0.39, 0.29) is 0 Å². The molecular formula is C16H26N2. The maximum atomic E-state index is 6.08. The summed E-state index contributed by atoms with van der Waals surface area (Å²) in [6, 6.07) is 9.30. The van der Waals surface area contributed by atoms with E-state index in [1.54, 1.807) is 0 Å². The fraction of sp³-hybridized carbons (Fsp3) is 0.625. The molecule has 2 atom stereocenters. The smallest absolute Gasteiger partial charge is 0.0366 e. The van der Waals surface area contributed by atoms with Crippen LogP contribution in [0.5, 0.6) is 0 Å². The molecule has 0 aliphatic heterocycles. The molecule has 1 aliphatic rings. The van der Waals surface area contributed by atoms with Gasteiger partial charge in [0.2, 0.25) is 0 Å². The van der Waals surface area contributed by atoms with E-state index >= 15 is 0 Å². The maximum absolute atomic E-state index is 6.08. The van der Waals surface area contributed by atoms with E-state index in [1.165, 1.54) is 36.9 Å². The molecule has 0 heterocycles. The lowest BCUT2D eigenvalue weighted by Gasteiger charge is -2.32. The molecule has 100 valence electrons. The molecule has 0 aromatic heterocycles. The van der Waals surface area contributed by atoms with Gasteiger partial charge in [-0.15, -0.1) is 0 Å². The summed E-state index contributed by atoms with van der Waals surface area (Å²) in [6.45, 7) is 6.62. The van der Waals surface area contributed by atoms with Crippen molar-refractivity contribution in [1.82, 2.24) is 0 Å². The molecule has 0 bridgehead atoms. The molecule has 1 aromatic carbocycles. The van der Waals surface area contributed by atoms with Crippen LogP contribution in [0.3, 0.4) is 0 Å². The second kappa shape index (κ2) is 6.24. The lowest BCUT2D eigenvalue weighted by Crippen LogP contribution is -2.35. The molecule has 1 saturated carbocycles. The van der Waals surface area contributed by atoms with Crippen LogP contribution in [0.1, 0.15) is 38.2 Å². The van der Waals surface area contributed by atoms with Crippen LogP contribution >= 0.6 is 0 Å². The van der Waals surface area contributed by atoms with E-state index < -0.39 is 0 Å². The largest absolute Gasteiger partial charge is 0.372 e. The maximum Gasteiger partial charge on any atom is 0.0366 e. The van der Waals surface area contributed by atoms with Gasteiger partial charge in [0.15, 0.2) is 0 Å². The molecule has 2 nitrogen and oxygen atoms in total. The molecule has 2 N–H and O–H groups in total. The first-order valence-electron chi connectivity index (χ1n) is 7.26. The number of aryl methyl sites for hydroxylation is 1. The molecular weight excluding hydrogens is 220 g/mol. The summed E-state index contributed by atoms with van der Waals surface area (Å²) in [4.78, 5) is 2.49. The zero-order valence-corrected chi connectivity index (χ0v) is 11.7. The van der Waals surface area contributed by atoms with Crippen LogP contribution in [-0.2, 0) is 0 Å². The molecule has 2 rings (SSSR count). The summed E-state index contributed by atoms with van der Waals surface area (Å²) < 4.78 is 0. The Balaban J connectivity index is 1.98. The Morgan fingerprint density at radius 1 is 1.22 bits per heavy atom. The van der Waals surface area contributed by atoms with E-state index in [9.17, 15) is 0 Å². The average Bonchev–Trinajstić information content (AvgIpc) is 2.37. The van der Waals surface area contributed by atoms with E-state index in [0.29, 0.717) is 6.04 Å². The van der Waals surface area contributed by atoms with Crippen molar-refractivity contribution in [3.05, 3.63) is 29.8 Å². The molecule has 0 saturated heterocycles. The van der Waals surface area contributed by atoms with Crippen molar-refractivity contribution in [2.75, 3.05) is 18.0 Å². The van der Waals surface area contributed by atoms with Crippen molar-refractivity contribution in [1.29, 1.82) is 0 Å². The molecule has 18 heavy (non-hydrogen) atoms. The van der Waals surface area contributed by atoms with Gasteiger partial charge in [0.1, 0.15) is 0 Å². The number of anilines is 1. The summed E-state index contributed by atoms with van der Waals surface area (Å²) in [5.41, 5.74) is 8.76. The van der Waals surface area contributed by atoms with Crippen LogP contribution in [0.4, 0.5) is 5.69 Å². The number of rotatable bonds is 4. The van der Waals surface area contributed by atoms with Gasteiger partial charge in [-0.05, 0) is 51.2 Å². The van der Waals surface area contributed by atoms with E-state index in [0.717, 1.165) is 19.0 Å². The van der Waals surface area contributed by atoms with Crippen LogP contribution in [0.25, 0.3) is 0 Å². The zero-order chi connectivity index (χ0) is 13.0. The van der Waals surface area contributed by atoms with Gasteiger partial charge in [0.25, 0.3) is 0 Å². The highest BCUT2D eigenvalue weighted by Gasteiger charge is 2.21. The standard InChI is InChI=1S/C16H26N2/c1-3-18(16-9-7-13(2)8-10-16)12-14-5-4-6-15(17)11-14/h7-10,14-15H,3-6,11-12,17H2,1-2H3. The van der Waals surface area contributed by atoms with Gasteiger partial charge >= 0.3 is 0 Å². The summed E-state index contributed by atoms with van der Waals surface area (Å²) >= 11 is 0. The van der Waals surface area contributed by atoms with E-state index in [2.05, 4.69) is 43.0 Å². The second-order valence-corrected chi connectivity index (χ2v) is 5.67. The lowest BCUT2D eigenvalue weighted by atomic mass is 9.86. The minimum Gasteiger partial charge on any atom is -0.372 e. The number of hydrogen-bond donors (Lipinski definition) is 1. The molecule has 1 fully saturated rings. The summed E-state index contributed by atoms with van der Waals surface area (Å²) in [5, 5.41) is 0. The predicted molar refractivity (Wildman–Crippen MR) is 79.0 cm³/mol. The number of nitrogens with two attached hydrogens (primary N) is 1. The van der Waals surface area contributed by atoms with Crippen LogP contribution in [-0.4, -0.2) is 19.1 Å². The molecule has 2 unspecified atom stereocenters. The van der Waals surface area contributed by atoms with Gasteiger partial charge in [0, 0.05) is 24.8 Å². The highest BCUT2D eigenvalue weighted by molar-refractivity contribution is 5.47. The summed E-state index contributed by atoms with van der Waals surface area (Å²) in [7, 11) is 0. The van der Waals surface area contributed by atoms with E-state index in [1.807, 2.05) is 0 Å². The van der Waals surface area contributed by atoms with Gasteiger partial charge in [-0.2, -0.15) is 0 Å². The van der Waals surface area contributed by atoms with Gasteiger partial charge in [-0.25, -0.2) is 0 Å². The Hall–Kier alpha value is -1.02. The Kier molecular flexibility index (Phi) is 4.65. The summed E-state index contributed by atoms with van der Waals surface area (Å²) in [5.74, 6) is 0.773. The van der Waals surface area contributed by atoms with Crippen LogP contribution in [0.2, 0.25) is 0 Å².